The number of rotatable bonds is 6. The number of carbonyl (C=O) groups excluding carboxylic acids is 2. The molecule has 0 radical (unpaired) electrons. The lowest BCUT2D eigenvalue weighted by atomic mass is 10.1. The maximum atomic E-state index is 13.2. The number of β-amino-alcohol motifs (C(OH)–C–C–N with tert-alkyl or cyclic N) is 1. The number of halogens is 1. The van der Waals surface area contributed by atoms with Crippen LogP contribution in [-0.4, -0.2) is 47.2 Å². The zero-order valence-corrected chi connectivity index (χ0v) is 16.4. The van der Waals surface area contributed by atoms with Crippen LogP contribution in [0.5, 0.6) is 5.75 Å². The summed E-state index contributed by atoms with van der Waals surface area (Å²) in [6.07, 6.45) is -1.06. The van der Waals surface area contributed by atoms with Crippen molar-refractivity contribution in [3.63, 3.8) is 0 Å². The van der Waals surface area contributed by atoms with Gasteiger partial charge in [-0.1, -0.05) is 36.4 Å². The molecule has 1 saturated heterocycles. The number of hydrogen-bond acceptors (Lipinski definition) is 4. The molecule has 30 heavy (non-hydrogen) atoms. The van der Waals surface area contributed by atoms with E-state index >= 15 is 0 Å². The Balaban J connectivity index is 1.43. The molecule has 0 spiro atoms. The van der Waals surface area contributed by atoms with Gasteiger partial charge in [0, 0.05) is 11.1 Å². The number of anilines is 1. The van der Waals surface area contributed by atoms with Crippen LogP contribution in [0.3, 0.4) is 0 Å². The second-order valence-electron chi connectivity index (χ2n) is 7.20. The SMILES string of the molecule is C[C@@H]1C(=O)N(C[C@@H](O)COc2cccc3ccccc23)C(=O)N1c1ccc(F)cc1. The molecule has 1 aliphatic rings. The van der Waals surface area contributed by atoms with E-state index in [2.05, 4.69) is 0 Å². The third-order valence-electron chi connectivity index (χ3n) is 5.13. The van der Waals surface area contributed by atoms with Crippen LogP contribution in [0, 0.1) is 5.82 Å². The maximum Gasteiger partial charge on any atom is 0.332 e. The van der Waals surface area contributed by atoms with Crippen LogP contribution >= 0.6 is 0 Å². The Morgan fingerprint density at radius 2 is 1.73 bits per heavy atom. The van der Waals surface area contributed by atoms with E-state index in [0.29, 0.717) is 11.4 Å². The quantitative estimate of drug-likeness (QED) is 0.633. The first-order chi connectivity index (χ1) is 14.5. The van der Waals surface area contributed by atoms with Gasteiger partial charge in [0.25, 0.3) is 5.91 Å². The molecule has 3 aromatic carbocycles. The number of nitrogens with zero attached hydrogens (tertiary/aromatic N) is 2. The summed E-state index contributed by atoms with van der Waals surface area (Å²) in [6.45, 7) is 1.34. The van der Waals surface area contributed by atoms with Crippen molar-refractivity contribution in [2.75, 3.05) is 18.1 Å². The number of amides is 3. The molecule has 3 amide bonds. The van der Waals surface area contributed by atoms with E-state index in [9.17, 15) is 19.1 Å². The van der Waals surface area contributed by atoms with Crippen LogP contribution in [0.1, 0.15) is 6.92 Å². The Bertz CT molecular complexity index is 1080. The summed E-state index contributed by atoms with van der Waals surface area (Å²) in [4.78, 5) is 27.7. The van der Waals surface area contributed by atoms with Crippen molar-refractivity contribution in [2.45, 2.75) is 19.1 Å². The normalized spacial score (nSPS) is 17.6. The molecule has 0 unspecified atom stereocenters. The molecule has 3 aromatic rings. The number of benzene rings is 3. The molecule has 4 rings (SSSR count). The molecule has 1 aliphatic heterocycles. The van der Waals surface area contributed by atoms with E-state index in [1.54, 1.807) is 13.0 Å². The summed E-state index contributed by atoms with van der Waals surface area (Å²) in [7, 11) is 0. The lowest BCUT2D eigenvalue weighted by Gasteiger charge is -2.21. The van der Waals surface area contributed by atoms with Gasteiger partial charge in [-0.15, -0.1) is 0 Å². The van der Waals surface area contributed by atoms with Crippen LogP contribution in [0.2, 0.25) is 0 Å². The van der Waals surface area contributed by atoms with Gasteiger partial charge in [0.15, 0.2) is 0 Å². The first-order valence-corrected chi connectivity index (χ1v) is 9.64. The van der Waals surface area contributed by atoms with Crippen LogP contribution in [0.15, 0.2) is 66.7 Å². The van der Waals surface area contributed by atoms with Crippen molar-refractivity contribution >= 4 is 28.4 Å². The van der Waals surface area contributed by atoms with E-state index in [-0.39, 0.29) is 13.2 Å². The fourth-order valence-electron chi connectivity index (χ4n) is 3.60. The minimum Gasteiger partial charge on any atom is -0.490 e. The summed E-state index contributed by atoms with van der Waals surface area (Å²) >= 11 is 0. The number of urea groups is 1. The molecule has 6 nitrogen and oxygen atoms in total. The predicted molar refractivity (Wildman–Crippen MR) is 111 cm³/mol. The van der Waals surface area contributed by atoms with E-state index in [1.807, 2.05) is 36.4 Å². The molecular formula is C23H21FN2O4. The van der Waals surface area contributed by atoms with Crippen LogP contribution in [0.4, 0.5) is 14.9 Å². The predicted octanol–water partition coefficient (Wildman–Crippen LogP) is 3.58. The molecule has 154 valence electrons. The van der Waals surface area contributed by atoms with Gasteiger partial charge in [0.05, 0.1) is 6.54 Å². The number of aliphatic hydroxyl groups is 1. The van der Waals surface area contributed by atoms with Crippen molar-refractivity contribution in [1.82, 2.24) is 4.90 Å². The highest BCUT2D eigenvalue weighted by Gasteiger charge is 2.43. The average Bonchev–Trinajstić information content (AvgIpc) is 2.96. The highest BCUT2D eigenvalue weighted by atomic mass is 19.1. The van der Waals surface area contributed by atoms with Gasteiger partial charge in [-0.3, -0.25) is 14.6 Å². The van der Waals surface area contributed by atoms with Crippen molar-refractivity contribution < 1.29 is 23.8 Å². The van der Waals surface area contributed by atoms with Gasteiger partial charge < -0.3 is 9.84 Å². The highest BCUT2D eigenvalue weighted by Crippen LogP contribution is 2.27. The Morgan fingerprint density at radius 3 is 2.50 bits per heavy atom. The molecule has 0 saturated carbocycles. The Kier molecular flexibility index (Phi) is 5.37. The topological polar surface area (TPSA) is 70.1 Å². The van der Waals surface area contributed by atoms with Crippen LogP contribution < -0.4 is 9.64 Å². The lowest BCUT2D eigenvalue weighted by molar-refractivity contribution is -0.128. The van der Waals surface area contributed by atoms with E-state index in [1.165, 1.54) is 29.2 Å². The summed E-state index contributed by atoms with van der Waals surface area (Å²) in [5.41, 5.74) is 0.422. The van der Waals surface area contributed by atoms with E-state index in [0.717, 1.165) is 15.7 Å². The third-order valence-corrected chi connectivity index (χ3v) is 5.13. The van der Waals surface area contributed by atoms with Crippen molar-refractivity contribution in [3.05, 3.63) is 72.5 Å². The third kappa shape index (κ3) is 3.71. The standard InChI is InChI=1S/C23H21FN2O4/c1-15-22(28)25(23(29)26(15)18-11-9-17(24)10-12-18)13-19(27)14-30-21-8-4-6-16-5-2-3-7-20(16)21/h2-12,15,19,27H,13-14H2,1H3/t15-,19-/m1/s1. The summed E-state index contributed by atoms with van der Waals surface area (Å²) in [6, 6.07) is 17.4. The second-order valence-corrected chi connectivity index (χ2v) is 7.20. The molecule has 1 fully saturated rings. The molecule has 0 bridgehead atoms. The van der Waals surface area contributed by atoms with Crippen LogP contribution in [-0.2, 0) is 4.79 Å². The Labute approximate surface area is 173 Å². The van der Waals surface area contributed by atoms with Gasteiger partial charge in [-0.25, -0.2) is 9.18 Å². The highest BCUT2D eigenvalue weighted by molar-refractivity contribution is 6.14. The molecule has 1 N–H and O–H groups in total. The number of ether oxygens (including phenoxy) is 1. The Hall–Kier alpha value is -3.45. The minimum absolute atomic E-state index is 0.0734. The van der Waals surface area contributed by atoms with Gasteiger partial charge in [-0.2, -0.15) is 0 Å². The number of carbonyl (C=O) groups is 2. The largest absolute Gasteiger partial charge is 0.490 e. The number of aliphatic hydroxyl groups excluding tert-OH is 1. The summed E-state index contributed by atoms with van der Waals surface area (Å²) in [5.74, 6) is -0.233. The molecule has 1 heterocycles. The van der Waals surface area contributed by atoms with Gasteiger partial charge in [0.2, 0.25) is 0 Å². The molecule has 0 aliphatic carbocycles. The average molecular weight is 408 g/mol. The van der Waals surface area contributed by atoms with Crippen molar-refractivity contribution in [3.8, 4) is 5.75 Å². The number of imide groups is 1. The summed E-state index contributed by atoms with van der Waals surface area (Å²) in [5, 5.41) is 12.3. The van der Waals surface area contributed by atoms with Crippen LogP contribution in [0.25, 0.3) is 10.8 Å². The van der Waals surface area contributed by atoms with Gasteiger partial charge in [-0.05, 0) is 42.6 Å². The first-order valence-electron chi connectivity index (χ1n) is 9.64. The van der Waals surface area contributed by atoms with Crippen molar-refractivity contribution in [1.29, 1.82) is 0 Å². The Morgan fingerprint density at radius 1 is 1.03 bits per heavy atom. The maximum absolute atomic E-state index is 13.2. The van der Waals surface area contributed by atoms with E-state index < -0.39 is 29.9 Å². The van der Waals surface area contributed by atoms with E-state index in [4.69, 9.17) is 4.74 Å². The fraction of sp³-hybridized carbons (Fsp3) is 0.217. The second kappa shape index (κ2) is 8.12. The molecule has 2 atom stereocenters. The zero-order valence-electron chi connectivity index (χ0n) is 16.4. The molecule has 0 aromatic heterocycles. The summed E-state index contributed by atoms with van der Waals surface area (Å²) < 4.78 is 18.9. The lowest BCUT2D eigenvalue weighted by Crippen LogP contribution is -2.40. The number of hydrogen-bond donors (Lipinski definition) is 1. The van der Waals surface area contributed by atoms with Gasteiger partial charge >= 0.3 is 6.03 Å². The smallest absolute Gasteiger partial charge is 0.332 e. The first kappa shape index (κ1) is 19.8. The molecular weight excluding hydrogens is 387 g/mol. The van der Waals surface area contributed by atoms with Crippen molar-refractivity contribution in [2.24, 2.45) is 0 Å². The zero-order chi connectivity index (χ0) is 21.3. The monoisotopic (exact) mass is 408 g/mol. The number of fused-ring (bicyclic) bond motifs is 1. The minimum atomic E-state index is -1.06. The van der Waals surface area contributed by atoms with Gasteiger partial charge in [0.1, 0.15) is 30.3 Å². The fourth-order valence-corrected chi connectivity index (χ4v) is 3.60. The molecule has 7 heteroatoms.